The first-order valence-corrected chi connectivity index (χ1v) is 5.60. The van der Waals surface area contributed by atoms with Gasteiger partial charge in [-0.05, 0) is 6.07 Å². The van der Waals surface area contributed by atoms with Crippen LogP contribution in [0.1, 0.15) is 10.4 Å². The molecule has 7 heteroatoms. The molecule has 0 saturated heterocycles. The fourth-order valence-electron chi connectivity index (χ4n) is 0.999. The second kappa shape index (κ2) is 4.37. The normalized spacial score (nSPS) is 11.3. The third-order valence-corrected chi connectivity index (χ3v) is 2.38. The zero-order valence-electron chi connectivity index (χ0n) is 7.62. The number of carboxylic acid groups (broad SMARTS) is 1. The average Bonchev–Trinajstić information content (AvgIpc) is 2.14. The Labute approximate surface area is 86.5 Å². The number of nitrogens with zero attached hydrogens (tertiary/aromatic N) is 1. The Balaban J connectivity index is 2.79. The number of aromatic carboxylic acids is 1. The molecule has 0 radical (unpaired) electrons. The highest BCUT2D eigenvalue weighted by atomic mass is 32.2. The van der Waals surface area contributed by atoms with Gasteiger partial charge in [0.1, 0.15) is 10.1 Å². The van der Waals surface area contributed by atoms with Crippen molar-refractivity contribution in [2.24, 2.45) is 0 Å². The third-order valence-electron chi connectivity index (χ3n) is 1.69. The van der Waals surface area contributed by atoms with Gasteiger partial charge in [-0.1, -0.05) is 0 Å². The van der Waals surface area contributed by atoms with E-state index < -0.39 is 21.8 Å². The van der Waals surface area contributed by atoms with Crippen LogP contribution in [0.2, 0.25) is 0 Å². The van der Waals surface area contributed by atoms with E-state index >= 15 is 0 Å². The second-order valence-electron chi connectivity index (χ2n) is 2.88. The van der Waals surface area contributed by atoms with E-state index in [4.69, 9.17) is 0 Å². The number of hydrogen-bond donors (Lipinski definition) is 0. The zero-order chi connectivity index (χ0) is 11.5. The Hall–Kier alpha value is -1.47. The SMILES string of the molecule is O=C([O-])c1ccc[n+](CCS(=O)(=O)[O-])c1. The fourth-order valence-corrected chi connectivity index (χ4v) is 1.43. The predicted molar refractivity (Wildman–Crippen MR) is 45.5 cm³/mol. The molecule has 1 aromatic rings. The quantitative estimate of drug-likeness (QED) is 0.435. The van der Waals surface area contributed by atoms with Crippen LogP contribution in [0.3, 0.4) is 0 Å². The minimum atomic E-state index is -4.29. The predicted octanol–water partition coefficient (Wildman–Crippen LogP) is -2.12. The molecule has 1 rings (SSSR count). The molecule has 0 bridgehead atoms. The fraction of sp³-hybridized carbons (Fsp3) is 0.250. The second-order valence-corrected chi connectivity index (χ2v) is 4.40. The maximum atomic E-state index is 10.4. The van der Waals surface area contributed by atoms with E-state index in [1.54, 1.807) is 0 Å². The van der Waals surface area contributed by atoms with Crippen LogP contribution in [0.25, 0.3) is 0 Å². The molecule has 0 amide bonds. The van der Waals surface area contributed by atoms with Crippen molar-refractivity contribution >= 4 is 16.1 Å². The summed E-state index contributed by atoms with van der Waals surface area (Å²) in [6.45, 7) is -0.0764. The molecule has 1 heterocycles. The van der Waals surface area contributed by atoms with Crippen molar-refractivity contribution in [2.45, 2.75) is 6.54 Å². The van der Waals surface area contributed by atoms with Crippen molar-refractivity contribution in [1.29, 1.82) is 0 Å². The molecule has 1 aromatic heterocycles. The molecule has 0 atom stereocenters. The van der Waals surface area contributed by atoms with Gasteiger partial charge in [-0.25, -0.2) is 13.0 Å². The minimum Gasteiger partial charge on any atom is -0.748 e. The largest absolute Gasteiger partial charge is 0.748 e. The van der Waals surface area contributed by atoms with E-state index in [-0.39, 0.29) is 12.1 Å². The van der Waals surface area contributed by atoms with Crippen molar-refractivity contribution in [2.75, 3.05) is 5.75 Å². The summed E-state index contributed by atoms with van der Waals surface area (Å²) in [6.07, 6.45) is 2.68. The molecule has 82 valence electrons. The van der Waals surface area contributed by atoms with E-state index in [0.717, 1.165) is 0 Å². The van der Waals surface area contributed by atoms with Crippen LogP contribution < -0.4 is 9.67 Å². The number of carbonyl (C=O) groups excluding carboxylic acids is 1. The molecular weight excluding hydrogens is 222 g/mol. The number of carbonyl (C=O) groups is 1. The van der Waals surface area contributed by atoms with Gasteiger partial charge in [0.05, 0.1) is 17.3 Å². The molecule has 15 heavy (non-hydrogen) atoms. The molecule has 0 spiro atoms. The van der Waals surface area contributed by atoms with Gasteiger partial charge in [-0.2, -0.15) is 0 Å². The van der Waals surface area contributed by atoms with Gasteiger partial charge in [0.2, 0.25) is 0 Å². The molecule has 0 fully saturated rings. The molecule has 0 aliphatic rings. The lowest BCUT2D eigenvalue weighted by Crippen LogP contribution is -2.38. The number of rotatable bonds is 4. The Morgan fingerprint density at radius 1 is 1.47 bits per heavy atom. The zero-order valence-corrected chi connectivity index (χ0v) is 8.44. The highest BCUT2D eigenvalue weighted by Crippen LogP contribution is 1.92. The summed E-state index contributed by atoms with van der Waals surface area (Å²) in [5, 5.41) is 10.4. The summed E-state index contributed by atoms with van der Waals surface area (Å²) in [5.41, 5.74) is -0.0687. The number of aryl methyl sites for hydroxylation is 1. The van der Waals surface area contributed by atoms with Crippen LogP contribution in [0.15, 0.2) is 24.5 Å². The topological polar surface area (TPSA) is 101 Å². The van der Waals surface area contributed by atoms with Gasteiger partial charge in [-0.15, -0.1) is 0 Å². The molecule has 0 N–H and O–H groups in total. The van der Waals surface area contributed by atoms with Crippen LogP contribution in [0.5, 0.6) is 0 Å². The van der Waals surface area contributed by atoms with Crippen LogP contribution in [-0.2, 0) is 16.7 Å². The summed E-state index contributed by atoms with van der Waals surface area (Å²) < 4.78 is 32.3. The smallest absolute Gasteiger partial charge is 0.177 e. The van der Waals surface area contributed by atoms with E-state index in [1.807, 2.05) is 0 Å². The van der Waals surface area contributed by atoms with Gasteiger partial charge in [0.25, 0.3) is 0 Å². The summed E-state index contributed by atoms with van der Waals surface area (Å²) in [7, 11) is -4.29. The molecule has 0 saturated carbocycles. The van der Waals surface area contributed by atoms with E-state index in [2.05, 4.69) is 0 Å². The lowest BCUT2D eigenvalue weighted by Gasteiger charge is -2.04. The van der Waals surface area contributed by atoms with Gasteiger partial charge in [-0.3, -0.25) is 0 Å². The van der Waals surface area contributed by atoms with Crippen molar-refractivity contribution < 1.29 is 27.4 Å². The number of pyridine rings is 1. The summed E-state index contributed by atoms with van der Waals surface area (Å²) in [4.78, 5) is 10.4. The number of hydrogen-bond acceptors (Lipinski definition) is 5. The Kier molecular flexibility index (Phi) is 3.38. The monoisotopic (exact) mass is 230 g/mol. The first-order valence-electron chi connectivity index (χ1n) is 4.02. The first-order chi connectivity index (χ1) is 6.88. The molecule has 0 unspecified atom stereocenters. The highest BCUT2D eigenvalue weighted by molar-refractivity contribution is 7.85. The Morgan fingerprint density at radius 2 is 2.13 bits per heavy atom. The lowest BCUT2D eigenvalue weighted by atomic mass is 10.3. The summed E-state index contributed by atoms with van der Waals surface area (Å²) in [5.74, 6) is -1.93. The Bertz CT molecular complexity index is 468. The summed E-state index contributed by atoms with van der Waals surface area (Å²) >= 11 is 0. The molecular formula is C8H8NO5S-. The van der Waals surface area contributed by atoms with Gasteiger partial charge in [0.15, 0.2) is 18.9 Å². The van der Waals surface area contributed by atoms with Gasteiger partial charge < -0.3 is 14.5 Å². The Morgan fingerprint density at radius 3 is 2.67 bits per heavy atom. The van der Waals surface area contributed by atoms with Gasteiger partial charge in [0, 0.05) is 6.07 Å². The number of carboxylic acids is 1. The minimum absolute atomic E-state index is 0.0687. The van der Waals surface area contributed by atoms with Crippen LogP contribution >= 0.6 is 0 Å². The van der Waals surface area contributed by atoms with Gasteiger partial charge >= 0.3 is 0 Å². The first kappa shape index (κ1) is 11.6. The van der Waals surface area contributed by atoms with E-state index in [1.165, 1.54) is 29.1 Å². The van der Waals surface area contributed by atoms with Crippen molar-refractivity contribution in [3.05, 3.63) is 30.1 Å². The van der Waals surface area contributed by atoms with Crippen molar-refractivity contribution in [1.82, 2.24) is 0 Å². The highest BCUT2D eigenvalue weighted by Gasteiger charge is 2.05. The standard InChI is InChI=1S/C8H9NO5S/c10-8(11)7-2-1-3-9(6-7)4-5-15(12,13)14/h1-3,6H,4-5H2,(H-,10,11,12,13,14)/p-1. The van der Waals surface area contributed by atoms with Crippen molar-refractivity contribution in [3.63, 3.8) is 0 Å². The van der Waals surface area contributed by atoms with E-state index in [9.17, 15) is 22.9 Å². The van der Waals surface area contributed by atoms with E-state index in [0.29, 0.717) is 0 Å². The lowest BCUT2D eigenvalue weighted by molar-refractivity contribution is -0.692. The average molecular weight is 230 g/mol. The van der Waals surface area contributed by atoms with Crippen LogP contribution in [0, 0.1) is 0 Å². The molecule has 6 nitrogen and oxygen atoms in total. The van der Waals surface area contributed by atoms with Crippen LogP contribution in [-0.4, -0.2) is 24.7 Å². The molecule has 0 aliphatic heterocycles. The number of aromatic nitrogens is 1. The van der Waals surface area contributed by atoms with Crippen LogP contribution in [0.4, 0.5) is 0 Å². The molecule has 0 aliphatic carbocycles. The maximum Gasteiger partial charge on any atom is 0.177 e. The molecule has 0 aromatic carbocycles. The summed E-state index contributed by atoms with van der Waals surface area (Å²) in [6, 6.07) is 2.75. The van der Waals surface area contributed by atoms with Crippen molar-refractivity contribution in [3.8, 4) is 0 Å². The third kappa shape index (κ3) is 4.05. The maximum absolute atomic E-state index is 10.4.